The molecule has 0 amide bonds. The maximum absolute atomic E-state index is 11.5. The summed E-state index contributed by atoms with van der Waals surface area (Å²) in [6.07, 6.45) is 2.01. The molecule has 0 saturated carbocycles. The third-order valence-electron chi connectivity index (χ3n) is 2.33. The summed E-state index contributed by atoms with van der Waals surface area (Å²) in [6, 6.07) is 5.47. The Morgan fingerprint density at radius 2 is 2.12 bits per heavy atom. The van der Waals surface area contributed by atoms with Crippen molar-refractivity contribution in [2.45, 2.75) is 19.8 Å². The first-order valence-corrected chi connectivity index (χ1v) is 6.69. The number of carbonyl (C=O) groups excluding carboxylic acids is 1. The SMILES string of the molecule is COC(=O)c1ccc(C)cc1OCCCCBr. The third-order valence-corrected chi connectivity index (χ3v) is 2.89. The largest absolute Gasteiger partial charge is 0.493 e. The maximum atomic E-state index is 11.5. The lowest BCUT2D eigenvalue weighted by Crippen LogP contribution is -2.07. The predicted molar refractivity (Wildman–Crippen MR) is 71.0 cm³/mol. The van der Waals surface area contributed by atoms with Gasteiger partial charge in [-0.15, -0.1) is 0 Å². The van der Waals surface area contributed by atoms with Gasteiger partial charge in [0.2, 0.25) is 0 Å². The van der Waals surface area contributed by atoms with Crippen molar-refractivity contribution in [1.29, 1.82) is 0 Å². The molecule has 1 rings (SSSR count). The van der Waals surface area contributed by atoms with Crippen molar-refractivity contribution in [2.75, 3.05) is 19.0 Å². The topological polar surface area (TPSA) is 35.5 Å². The van der Waals surface area contributed by atoms with E-state index in [0.29, 0.717) is 17.9 Å². The highest BCUT2D eigenvalue weighted by molar-refractivity contribution is 9.09. The molecule has 4 heteroatoms. The molecule has 3 nitrogen and oxygen atoms in total. The molecule has 0 aliphatic rings. The van der Waals surface area contributed by atoms with E-state index in [1.165, 1.54) is 7.11 Å². The molecule has 0 N–H and O–H groups in total. The van der Waals surface area contributed by atoms with Gasteiger partial charge in [-0.05, 0) is 37.5 Å². The van der Waals surface area contributed by atoms with E-state index in [9.17, 15) is 4.79 Å². The fourth-order valence-electron chi connectivity index (χ4n) is 1.41. The monoisotopic (exact) mass is 300 g/mol. The summed E-state index contributed by atoms with van der Waals surface area (Å²) in [7, 11) is 1.37. The molecule has 0 spiro atoms. The van der Waals surface area contributed by atoms with Crippen molar-refractivity contribution in [3.05, 3.63) is 29.3 Å². The van der Waals surface area contributed by atoms with Gasteiger partial charge in [0.1, 0.15) is 11.3 Å². The Labute approximate surface area is 110 Å². The van der Waals surface area contributed by atoms with Gasteiger partial charge in [-0.1, -0.05) is 22.0 Å². The molecule has 0 aliphatic carbocycles. The van der Waals surface area contributed by atoms with Crippen LogP contribution in [0.1, 0.15) is 28.8 Å². The molecule has 0 unspecified atom stereocenters. The second-order valence-electron chi connectivity index (χ2n) is 3.74. The van der Waals surface area contributed by atoms with Crippen LogP contribution in [-0.2, 0) is 4.74 Å². The van der Waals surface area contributed by atoms with E-state index < -0.39 is 0 Å². The van der Waals surface area contributed by atoms with E-state index in [2.05, 4.69) is 15.9 Å². The van der Waals surface area contributed by atoms with Crippen LogP contribution in [0.15, 0.2) is 18.2 Å². The van der Waals surface area contributed by atoms with Gasteiger partial charge in [0.05, 0.1) is 13.7 Å². The molecule has 17 heavy (non-hydrogen) atoms. The number of carbonyl (C=O) groups is 1. The summed E-state index contributed by atoms with van der Waals surface area (Å²) in [4.78, 5) is 11.5. The van der Waals surface area contributed by atoms with Crippen LogP contribution in [-0.4, -0.2) is 25.0 Å². The average molecular weight is 301 g/mol. The number of hydrogen-bond acceptors (Lipinski definition) is 3. The van der Waals surface area contributed by atoms with Crippen molar-refractivity contribution in [2.24, 2.45) is 0 Å². The van der Waals surface area contributed by atoms with Gasteiger partial charge in [-0.3, -0.25) is 0 Å². The lowest BCUT2D eigenvalue weighted by atomic mass is 10.1. The number of benzene rings is 1. The van der Waals surface area contributed by atoms with Gasteiger partial charge >= 0.3 is 5.97 Å². The van der Waals surface area contributed by atoms with E-state index in [0.717, 1.165) is 23.7 Å². The maximum Gasteiger partial charge on any atom is 0.341 e. The summed E-state index contributed by atoms with van der Waals surface area (Å²) in [5, 5.41) is 0.966. The smallest absolute Gasteiger partial charge is 0.341 e. The summed E-state index contributed by atoms with van der Waals surface area (Å²) < 4.78 is 10.3. The Balaban J connectivity index is 2.73. The highest BCUT2D eigenvalue weighted by Gasteiger charge is 2.12. The fourth-order valence-corrected chi connectivity index (χ4v) is 1.80. The zero-order chi connectivity index (χ0) is 12.7. The summed E-state index contributed by atoms with van der Waals surface area (Å²) in [5.41, 5.74) is 1.55. The van der Waals surface area contributed by atoms with Crippen LogP contribution in [0.4, 0.5) is 0 Å². The number of esters is 1. The Kier molecular flexibility index (Phi) is 6.05. The van der Waals surface area contributed by atoms with Gasteiger partial charge in [0, 0.05) is 5.33 Å². The normalized spacial score (nSPS) is 10.1. The van der Waals surface area contributed by atoms with Crippen molar-refractivity contribution in [1.82, 2.24) is 0 Å². The average Bonchev–Trinajstić information content (AvgIpc) is 2.34. The standard InChI is InChI=1S/C13H17BrO3/c1-10-5-6-11(13(15)16-2)12(9-10)17-8-4-3-7-14/h5-6,9H,3-4,7-8H2,1-2H3. The van der Waals surface area contributed by atoms with Crippen LogP contribution in [0.3, 0.4) is 0 Å². The molecule has 1 aromatic carbocycles. The number of rotatable bonds is 6. The highest BCUT2D eigenvalue weighted by atomic mass is 79.9. The van der Waals surface area contributed by atoms with Crippen LogP contribution >= 0.6 is 15.9 Å². The first-order chi connectivity index (χ1) is 8.19. The molecule has 0 saturated heterocycles. The number of aryl methyl sites for hydroxylation is 1. The van der Waals surface area contributed by atoms with Crippen molar-refractivity contribution < 1.29 is 14.3 Å². The van der Waals surface area contributed by atoms with Crippen LogP contribution in [0.25, 0.3) is 0 Å². The fraction of sp³-hybridized carbons (Fsp3) is 0.462. The molecule has 0 bridgehead atoms. The minimum absolute atomic E-state index is 0.361. The van der Waals surface area contributed by atoms with Crippen LogP contribution < -0.4 is 4.74 Å². The third kappa shape index (κ3) is 4.38. The molecular formula is C13H17BrO3. The Bertz CT molecular complexity index is 377. The van der Waals surface area contributed by atoms with Crippen LogP contribution in [0.5, 0.6) is 5.75 Å². The van der Waals surface area contributed by atoms with Gasteiger partial charge in [0.15, 0.2) is 0 Å². The van der Waals surface area contributed by atoms with Crippen molar-refractivity contribution >= 4 is 21.9 Å². The molecule has 0 heterocycles. The van der Waals surface area contributed by atoms with Crippen LogP contribution in [0, 0.1) is 6.92 Å². The second kappa shape index (κ2) is 7.33. The van der Waals surface area contributed by atoms with Crippen molar-refractivity contribution in [3.8, 4) is 5.75 Å². The van der Waals surface area contributed by atoms with Gasteiger partial charge < -0.3 is 9.47 Å². The van der Waals surface area contributed by atoms with E-state index in [4.69, 9.17) is 9.47 Å². The van der Waals surface area contributed by atoms with E-state index in [-0.39, 0.29) is 5.97 Å². The molecule has 0 fully saturated rings. The number of halogens is 1. The molecule has 1 aromatic rings. The number of hydrogen-bond donors (Lipinski definition) is 0. The summed E-state index contributed by atoms with van der Waals surface area (Å²) >= 11 is 3.37. The molecule has 0 aliphatic heterocycles. The minimum Gasteiger partial charge on any atom is -0.493 e. The van der Waals surface area contributed by atoms with E-state index in [1.807, 2.05) is 19.1 Å². The second-order valence-corrected chi connectivity index (χ2v) is 4.53. The number of methoxy groups -OCH3 is 1. The van der Waals surface area contributed by atoms with E-state index >= 15 is 0 Å². The first-order valence-electron chi connectivity index (χ1n) is 5.56. The van der Waals surface area contributed by atoms with Crippen molar-refractivity contribution in [3.63, 3.8) is 0 Å². The van der Waals surface area contributed by atoms with Gasteiger partial charge in [-0.25, -0.2) is 4.79 Å². The molecule has 0 aromatic heterocycles. The first kappa shape index (κ1) is 14.0. The summed E-state index contributed by atoms with van der Waals surface area (Å²) in [5.74, 6) is 0.243. The molecule has 94 valence electrons. The number of alkyl halides is 1. The molecular weight excluding hydrogens is 284 g/mol. The van der Waals surface area contributed by atoms with Gasteiger partial charge in [-0.2, -0.15) is 0 Å². The zero-order valence-electron chi connectivity index (χ0n) is 10.2. The lowest BCUT2D eigenvalue weighted by Gasteiger charge is -2.10. The van der Waals surface area contributed by atoms with Crippen LogP contribution in [0.2, 0.25) is 0 Å². The minimum atomic E-state index is -0.361. The number of ether oxygens (including phenoxy) is 2. The van der Waals surface area contributed by atoms with E-state index in [1.54, 1.807) is 6.07 Å². The van der Waals surface area contributed by atoms with Gasteiger partial charge in [0.25, 0.3) is 0 Å². The molecule has 0 radical (unpaired) electrons. The Hall–Kier alpha value is -1.03. The predicted octanol–water partition coefficient (Wildman–Crippen LogP) is 3.34. The number of unbranched alkanes of at least 4 members (excludes halogenated alkanes) is 1. The Morgan fingerprint density at radius 3 is 2.76 bits per heavy atom. The quantitative estimate of drug-likeness (QED) is 0.459. The summed E-state index contributed by atoms with van der Waals surface area (Å²) in [6.45, 7) is 2.57. The highest BCUT2D eigenvalue weighted by Crippen LogP contribution is 2.21. The lowest BCUT2D eigenvalue weighted by molar-refractivity contribution is 0.0596. The zero-order valence-corrected chi connectivity index (χ0v) is 11.7. The molecule has 0 atom stereocenters. The Morgan fingerprint density at radius 1 is 1.35 bits per heavy atom.